The molecular weight excluding hydrogens is 392 g/mol. The monoisotopic (exact) mass is 418 g/mol. The highest BCUT2D eigenvalue weighted by molar-refractivity contribution is 6.04. The number of anilines is 1. The van der Waals surface area contributed by atoms with E-state index in [1.54, 1.807) is 19.1 Å². The van der Waals surface area contributed by atoms with Crippen LogP contribution in [0.2, 0.25) is 0 Å². The molecule has 1 atom stereocenters. The number of hydrogen-bond donors (Lipinski definition) is 2. The minimum Gasteiger partial charge on any atom is -0.491 e. The molecule has 0 saturated heterocycles. The second kappa shape index (κ2) is 10.4. The molecule has 160 valence electrons. The first-order valence-corrected chi connectivity index (χ1v) is 9.97. The Hall–Kier alpha value is -3.64. The lowest BCUT2D eigenvalue weighted by Gasteiger charge is -2.28. The first-order chi connectivity index (χ1) is 15.0. The third-order valence-corrected chi connectivity index (χ3v) is 4.84. The van der Waals surface area contributed by atoms with E-state index in [4.69, 9.17) is 9.47 Å². The number of benzene rings is 3. The molecule has 1 amide bonds. The molecule has 6 nitrogen and oxygen atoms in total. The van der Waals surface area contributed by atoms with Crippen LogP contribution in [0, 0.1) is 0 Å². The fourth-order valence-corrected chi connectivity index (χ4v) is 2.95. The van der Waals surface area contributed by atoms with E-state index in [9.17, 15) is 9.59 Å². The lowest BCUT2D eigenvalue weighted by molar-refractivity contribution is -0.149. The summed E-state index contributed by atoms with van der Waals surface area (Å²) in [6.07, 6.45) is 0. The van der Waals surface area contributed by atoms with Gasteiger partial charge in [-0.1, -0.05) is 48.5 Å². The van der Waals surface area contributed by atoms with Crippen molar-refractivity contribution in [3.63, 3.8) is 0 Å². The van der Waals surface area contributed by atoms with E-state index in [1.165, 1.54) is 7.11 Å². The number of carbonyl (C=O) groups excluding carboxylic acids is 2. The molecule has 0 fully saturated rings. The summed E-state index contributed by atoms with van der Waals surface area (Å²) in [5.74, 6) is 0.0804. The van der Waals surface area contributed by atoms with E-state index in [0.29, 0.717) is 17.9 Å². The molecule has 31 heavy (non-hydrogen) atoms. The SMILES string of the molecule is COC(=O)C(C)(COc1ccccc1)NCc1ccc(C(=O)Nc2ccccc2)cc1. The second-order valence-electron chi connectivity index (χ2n) is 7.30. The average Bonchev–Trinajstić information content (AvgIpc) is 2.82. The molecule has 3 rings (SSSR count). The molecule has 0 aliphatic heterocycles. The zero-order chi connectivity index (χ0) is 22.1. The molecule has 0 aliphatic carbocycles. The van der Waals surface area contributed by atoms with Crippen LogP contribution in [0.5, 0.6) is 5.75 Å². The van der Waals surface area contributed by atoms with Crippen molar-refractivity contribution in [3.8, 4) is 5.75 Å². The van der Waals surface area contributed by atoms with E-state index >= 15 is 0 Å². The van der Waals surface area contributed by atoms with Gasteiger partial charge in [-0.15, -0.1) is 0 Å². The highest BCUT2D eigenvalue weighted by Gasteiger charge is 2.35. The first-order valence-electron chi connectivity index (χ1n) is 9.97. The molecule has 0 heterocycles. The third-order valence-electron chi connectivity index (χ3n) is 4.84. The van der Waals surface area contributed by atoms with Gasteiger partial charge in [-0.25, -0.2) is 4.79 Å². The quantitative estimate of drug-likeness (QED) is 0.513. The van der Waals surface area contributed by atoms with E-state index in [-0.39, 0.29) is 12.5 Å². The maximum atomic E-state index is 12.4. The number of nitrogens with one attached hydrogen (secondary N) is 2. The normalized spacial score (nSPS) is 12.5. The Morgan fingerprint density at radius 3 is 2.10 bits per heavy atom. The second-order valence-corrected chi connectivity index (χ2v) is 7.30. The van der Waals surface area contributed by atoms with Crippen molar-refractivity contribution in [2.45, 2.75) is 19.0 Å². The van der Waals surface area contributed by atoms with Gasteiger partial charge in [0.2, 0.25) is 0 Å². The van der Waals surface area contributed by atoms with Crippen LogP contribution in [-0.2, 0) is 16.1 Å². The molecule has 3 aromatic carbocycles. The van der Waals surface area contributed by atoms with Gasteiger partial charge in [0.25, 0.3) is 5.91 Å². The highest BCUT2D eigenvalue weighted by Crippen LogP contribution is 2.15. The summed E-state index contributed by atoms with van der Waals surface area (Å²) in [4.78, 5) is 24.8. The molecule has 0 aliphatic rings. The summed E-state index contributed by atoms with van der Waals surface area (Å²) in [6, 6.07) is 25.8. The van der Waals surface area contributed by atoms with Crippen LogP contribution in [0.25, 0.3) is 0 Å². The Labute approximate surface area is 182 Å². The zero-order valence-electron chi connectivity index (χ0n) is 17.6. The van der Waals surface area contributed by atoms with Gasteiger partial charge in [0, 0.05) is 17.8 Å². The minimum atomic E-state index is -1.03. The van der Waals surface area contributed by atoms with Crippen LogP contribution in [0.3, 0.4) is 0 Å². The van der Waals surface area contributed by atoms with Crippen molar-refractivity contribution in [3.05, 3.63) is 96.1 Å². The Morgan fingerprint density at radius 2 is 1.48 bits per heavy atom. The number of hydrogen-bond acceptors (Lipinski definition) is 5. The molecule has 0 radical (unpaired) electrons. The molecule has 0 aromatic heterocycles. The van der Waals surface area contributed by atoms with Crippen LogP contribution < -0.4 is 15.4 Å². The Bertz CT molecular complexity index is 991. The van der Waals surface area contributed by atoms with Crippen molar-refractivity contribution in [2.24, 2.45) is 0 Å². The topological polar surface area (TPSA) is 76.7 Å². The number of rotatable bonds is 9. The number of amides is 1. The van der Waals surface area contributed by atoms with Crippen LogP contribution in [0.4, 0.5) is 5.69 Å². The fourth-order valence-electron chi connectivity index (χ4n) is 2.95. The smallest absolute Gasteiger partial charge is 0.329 e. The van der Waals surface area contributed by atoms with Gasteiger partial charge < -0.3 is 14.8 Å². The molecule has 6 heteroatoms. The van der Waals surface area contributed by atoms with Crippen LogP contribution in [0.1, 0.15) is 22.8 Å². The Balaban J connectivity index is 1.60. The predicted octanol–water partition coefficient (Wildman–Crippen LogP) is 4.04. The fraction of sp³-hybridized carbons (Fsp3) is 0.200. The molecule has 0 bridgehead atoms. The number of esters is 1. The van der Waals surface area contributed by atoms with Gasteiger partial charge in [-0.05, 0) is 48.9 Å². The van der Waals surface area contributed by atoms with E-state index < -0.39 is 11.5 Å². The summed E-state index contributed by atoms with van der Waals surface area (Å²) >= 11 is 0. The first kappa shape index (κ1) is 22.1. The van der Waals surface area contributed by atoms with Crippen LogP contribution >= 0.6 is 0 Å². The van der Waals surface area contributed by atoms with Gasteiger partial charge in [0.1, 0.15) is 17.9 Å². The number of methoxy groups -OCH3 is 1. The van der Waals surface area contributed by atoms with Crippen LogP contribution in [0.15, 0.2) is 84.9 Å². The van der Waals surface area contributed by atoms with Crippen molar-refractivity contribution in [1.82, 2.24) is 5.32 Å². The van der Waals surface area contributed by atoms with Crippen molar-refractivity contribution < 1.29 is 19.1 Å². The molecule has 3 aromatic rings. The molecule has 0 saturated carbocycles. The summed E-state index contributed by atoms with van der Waals surface area (Å²) in [5, 5.41) is 6.08. The molecule has 0 spiro atoms. The molecular formula is C25H26N2O4. The number of carbonyl (C=O) groups is 2. The van der Waals surface area contributed by atoms with Crippen molar-refractivity contribution in [1.29, 1.82) is 0 Å². The maximum absolute atomic E-state index is 12.4. The van der Waals surface area contributed by atoms with Gasteiger partial charge in [0.15, 0.2) is 0 Å². The van der Waals surface area contributed by atoms with Gasteiger partial charge >= 0.3 is 5.97 Å². The summed E-state index contributed by atoms with van der Waals surface area (Å²) in [5.41, 5.74) is 1.18. The van der Waals surface area contributed by atoms with Crippen LogP contribution in [-0.4, -0.2) is 31.1 Å². The molecule has 2 N–H and O–H groups in total. The van der Waals surface area contributed by atoms with E-state index in [0.717, 1.165) is 11.3 Å². The van der Waals surface area contributed by atoms with Gasteiger partial charge in [0.05, 0.1) is 7.11 Å². The zero-order valence-corrected chi connectivity index (χ0v) is 17.6. The lowest BCUT2D eigenvalue weighted by atomic mass is 10.0. The Morgan fingerprint density at radius 1 is 0.871 bits per heavy atom. The lowest BCUT2D eigenvalue weighted by Crippen LogP contribution is -2.54. The number of ether oxygens (including phenoxy) is 2. The van der Waals surface area contributed by atoms with Crippen molar-refractivity contribution in [2.75, 3.05) is 19.0 Å². The maximum Gasteiger partial charge on any atom is 0.329 e. The van der Waals surface area contributed by atoms with Crippen molar-refractivity contribution >= 4 is 17.6 Å². The number of para-hydroxylation sites is 2. The predicted molar refractivity (Wildman–Crippen MR) is 120 cm³/mol. The average molecular weight is 418 g/mol. The third kappa shape index (κ3) is 6.17. The summed E-state index contributed by atoms with van der Waals surface area (Å²) in [7, 11) is 1.35. The van der Waals surface area contributed by atoms with E-state index in [2.05, 4.69) is 10.6 Å². The van der Waals surface area contributed by atoms with Gasteiger partial charge in [-0.3, -0.25) is 10.1 Å². The standard InChI is InChI=1S/C25H26N2O4/c1-25(24(29)30-2,18-31-22-11-7-4-8-12-22)26-17-19-13-15-20(16-14-19)23(28)27-21-9-5-3-6-10-21/h3-16,26H,17-18H2,1-2H3,(H,27,28). The van der Waals surface area contributed by atoms with Gasteiger partial charge in [-0.2, -0.15) is 0 Å². The molecule has 1 unspecified atom stereocenters. The Kier molecular flexibility index (Phi) is 7.40. The summed E-state index contributed by atoms with van der Waals surface area (Å²) in [6.45, 7) is 2.26. The highest BCUT2D eigenvalue weighted by atomic mass is 16.5. The van der Waals surface area contributed by atoms with E-state index in [1.807, 2.05) is 72.8 Å². The minimum absolute atomic E-state index is 0.112. The largest absolute Gasteiger partial charge is 0.491 e. The summed E-state index contributed by atoms with van der Waals surface area (Å²) < 4.78 is 10.7.